The van der Waals surface area contributed by atoms with E-state index >= 15 is 0 Å². The average Bonchev–Trinajstić information content (AvgIpc) is 2.56. The molecule has 1 amide bonds. The van der Waals surface area contributed by atoms with Crippen molar-refractivity contribution in [3.05, 3.63) is 29.8 Å². The fourth-order valence-electron chi connectivity index (χ4n) is 2.75. The van der Waals surface area contributed by atoms with E-state index in [0.717, 1.165) is 30.6 Å². The van der Waals surface area contributed by atoms with E-state index in [0.29, 0.717) is 19.0 Å². The van der Waals surface area contributed by atoms with Gasteiger partial charge in [-0.05, 0) is 25.3 Å². The third-order valence-electron chi connectivity index (χ3n) is 4.70. The molecule has 1 N–H and O–H groups in total. The van der Waals surface area contributed by atoms with Crippen LogP contribution in [0.3, 0.4) is 0 Å². The van der Waals surface area contributed by atoms with E-state index in [1.165, 1.54) is 0 Å². The normalized spacial score (nSPS) is 17.8. The molecule has 1 atom stereocenters. The number of carbonyl (C=O) groups is 1. The Hall–Kier alpha value is -1.22. The zero-order chi connectivity index (χ0) is 15.3. The van der Waals surface area contributed by atoms with Gasteiger partial charge in [0, 0.05) is 23.4 Å². The minimum atomic E-state index is -0.114. The summed E-state index contributed by atoms with van der Waals surface area (Å²) in [5, 5.41) is 3.11. The molecule has 0 spiro atoms. The number of rotatable bonds is 6. The Kier molecular flexibility index (Phi) is 5.51. The van der Waals surface area contributed by atoms with E-state index in [-0.39, 0.29) is 17.2 Å². The monoisotopic (exact) mass is 309 g/mol. The van der Waals surface area contributed by atoms with Crippen LogP contribution in [0.2, 0.25) is 0 Å². The molecule has 0 bridgehead atoms. The highest BCUT2D eigenvalue weighted by molar-refractivity contribution is 6.18. The first-order valence-corrected chi connectivity index (χ1v) is 8.24. The summed E-state index contributed by atoms with van der Waals surface area (Å²) in [4.78, 5) is 12.5. The number of nitrogens with one attached hydrogen (secondary N) is 1. The van der Waals surface area contributed by atoms with Crippen molar-refractivity contribution in [1.82, 2.24) is 5.32 Å². The number of fused-ring (bicyclic) bond motifs is 1. The Labute approximate surface area is 132 Å². The summed E-state index contributed by atoms with van der Waals surface area (Å²) in [7, 11) is 0. The van der Waals surface area contributed by atoms with Gasteiger partial charge in [0.25, 0.3) is 0 Å². The maximum Gasteiger partial charge on any atom is 0.227 e. The lowest BCUT2D eigenvalue weighted by atomic mass is 9.84. The standard InChI is InChI=1S/C17H24ClNO2/c1-3-17(4-2,11-18)12-19-16(20)14-9-10-21-15-8-6-5-7-13(14)15/h5-8,14H,3-4,9-12H2,1-2H3,(H,19,20). The van der Waals surface area contributed by atoms with E-state index < -0.39 is 0 Å². The third-order valence-corrected chi connectivity index (χ3v) is 5.26. The molecule has 1 aliphatic rings. The van der Waals surface area contributed by atoms with E-state index in [1.54, 1.807) is 0 Å². The van der Waals surface area contributed by atoms with Crippen molar-refractivity contribution >= 4 is 17.5 Å². The predicted octanol–water partition coefficient (Wildman–Crippen LogP) is 3.71. The molecule has 116 valence electrons. The van der Waals surface area contributed by atoms with Crippen molar-refractivity contribution in [3.8, 4) is 5.75 Å². The van der Waals surface area contributed by atoms with Gasteiger partial charge < -0.3 is 10.1 Å². The van der Waals surface area contributed by atoms with Crippen LogP contribution in [0.1, 0.15) is 44.6 Å². The first kappa shape index (κ1) is 16.2. The van der Waals surface area contributed by atoms with Crippen LogP contribution in [0.4, 0.5) is 0 Å². The van der Waals surface area contributed by atoms with Gasteiger partial charge in [-0.15, -0.1) is 11.6 Å². The van der Waals surface area contributed by atoms with Crippen molar-refractivity contribution in [1.29, 1.82) is 0 Å². The van der Waals surface area contributed by atoms with Crippen molar-refractivity contribution in [2.75, 3.05) is 19.0 Å². The zero-order valence-electron chi connectivity index (χ0n) is 12.8. The molecular formula is C17H24ClNO2. The van der Waals surface area contributed by atoms with Crippen LogP contribution in [0.25, 0.3) is 0 Å². The van der Waals surface area contributed by atoms with Gasteiger partial charge in [-0.25, -0.2) is 0 Å². The van der Waals surface area contributed by atoms with Crippen molar-refractivity contribution in [2.45, 2.75) is 39.0 Å². The highest BCUT2D eigenvalue weighted by Crippen LogP contribution is 2.34. The van der Waals surface area contributed by atoms with Crippen LogP contribution >= 0.6 is 11.6 Å². The molecular weight excluding hydrogens is 286 g/mol. The molecule has 4 heteroatoms. The largest absolute Gasteiger partial charge is 0.493 e. The minimum Gasteiger partial charge on any atom is -0.493 e. The van der Waals surface area contributed by atoms with Gasteiger partial charge in [-0.2, -0.15) is 0 Å². The second-order valence-electron chi connectivity index (χ2n) is 5.79. The lowest BCUT2D eigenvalue weighted by Crippen LogP contribution is -2.41. The molecule has 0 aliphatic carbocycles. The number of ether oxygens (including phenoxy) is 1. The number of hydrogen-bond donors (Lipinski definition) is 1. The number of amides is 1. The van der Waals surface area contributed by atoms with E-state index in [1.807, 2.05) is 24.3 Å². The number of alkyl halides is 1. The molecule has 1 aromatic carbocycles. The fraction of sp³-hybridized carbons (Fsp3) is 0.588. The molecule has 0 radical (unpaired) electrons. The lowest BCUT2D eigenvalue weighted by molar-refractivity contribution is -0.123. The Balaban J connectivity index is 2.05. The Morgan fingerprint density at radius 2 is 2.10 bits per heavy atom. The van der Waals surface area contributed by atoms with Crippen LogP contribution in [-0.2, 0) is 4.79 Å². The van der Waals surface area contributed by atoms with Gasteiger partial charge in [0.2, 0.25) is 5.91 Å². The summed E-state index contributed by atoms with van der Waals surface area (Å²) in [6.07, 6.45) is 2.67. The molecule has 0 fully saturated rings. The van der Waals surface area contributed by atoms with Crippen molar-refractivity contribution in [2.24, 2.45) is 5.41 Å². The van der Waals surface area contributed by atoms with Gasteiger partial charge in [-0.1, -0.05) is 32.0 Å². The Morgan fingerprint density at radius 3 is 2.76 bits per heavy atom. The van der Waals surface area contributed by atoms with E-state index in [4.69, 9.17) is 16.3 Å². The Bertz CT molecular complexity index is 477. The van der Waals surface area contributed by atoms with Gasteiger partial charge in [0.05, 0.1) is 12.5 Å². The Morgan fingerprint density at radius 1 is 1.38 bits per heavy atom. The second-order valence-corrected chi connectivity index (χ2v) is 6.05. The van der Waals surface area contributed by atoms with Crippen molar-refractivity contribution < 1.29 is 9.53 Å². The van der Waals surface area contributed by atoms with Gasteiger partial charge in [-0.3, -0.25) is 4.79 Å². The predicted molar refractivity (Wildman–Crippen MR) is 86.0 cm³/mol. The van der Waals surface area contributed by atoms with E-state index in [9.17, 15) is 4.79 Å². The highest BCUT2D eigenvalue weighted by Gasteiger charge is 2.30. The fourth-order valence-corrected chi connectivity index (χ4v) is 3.22. The lowest BCUT2D eigenvalue weighted by Gasteiger charge is -2.31. The number of hydrogen-bond acceptors (Lipinski definition) is 2. The van der Waals surface area contributed by atoms with Gasteiger partial charge in [0.1, 0.15) is 5.75 Å². The molecule has 0 saturated heterocycles. The molecule has 1 unspecified atom stereocenters. The van der Waals surface area contributed by atoms with Gasteiger partial charge >= 0.3 is 0 Å². The molecule has 3 nitrogen and oxygen atoms in total. The smallest absolute Gasteiger partial charge is 0.227 e. The van der Waals surface area contributed by atoms with Crippen LogP contribution in [0, 0.1) is 5.41 Å². The summed E-state index contributed by atoms with van der Waals surface area (Å²) < 4.78 is 5.61. The number of benzene rings is 1. The summed E-state index contributed by atoms with van der Waals surface area (Å²) in [5.41, 5.74) is 0.993. The van der Waals surface area contributed by atoms with Crippen LogP contribution in [0.5, 0.6) is 5.75 Å². The molecule has 21 heavy (non-hydrogen) atoms. The summed E-state index contributed by atoms with van der Waals surface area (Å²) in [6.45, 7) is 5.49. The number of carbonyl (C=O) groups excluding carboxylic acids is 1. The summed E-state index contributed by atoms with van der Waals surface area (Å²) in [6, 6.07) is 7.80. The molecule has 1 aliphatic heterocycles. The SMILES string of the molecule is CCC(CC)(CCl)CNC(=O)C1CCOc2ccccc21. The first-order chi connectivity index (χ1) is 10.2. The molecule has 1 heterocycles. The van der Waals surface area contributed by atoms with Crippen LogP contribution in [0.15, 0.2) is 24.3 Å². The summed E-state index contributed by atoms with van der Waals surface area (Å²) in [5.74, 6) is 1.38. The highest BCUT2D eigenvalue weighted by atomic mass is 35.5. The number of halogens is 1. The van der Waals surface area contributed by atoms with Crippen molar-refractivity contribution in [3.63, 3.8) is 0 Å². The molecule has 1 aromatic rings. The van der Waals surface area contributed by atoms with Crippen LogP contribution < -0.4 is 10.1 Å². The zero-order valence-corrected chi connectivity index (χ0v) is 13.6. The second kappa shape index (κ2) is 7.17. The summed E-state index contributed by atoms with van der Waals surface area (Å²) >= 11 is 6.10. The molecule has 0 saturated carbocycles. The number of para-hydroxylation sites is 1. The maximum absolute atomic E-state index is 12.5. The first-order valence-electron chi connectivity index (χ1n) is 7.71. The van der Waals surface area contributed by atoms with Crippen LogP contribution in [-0.4, -0.2) is 24.9 Å². The van der Waals surface area contributed by atoms with Gasteiger partial charge in [0.15, 0.2) is 0 Å². The average molecular weight is 310 g/mol. The minimum absolute atomic E-state index is 0.00189. The quantitative estimate of drug-likeness (QED) is 0.813. The topological polar surface area (TPSA) is 38.3 Å². The maximum atomic E-state index is 12.5. The molecule has 0 aromatic heterocycles. The third kappa shape index (κ3) is 3.52. The molecule has 2 rings (SSSR count). The van der Waals surface area contributed by atoms with E-state index in [2.05, 4.69) is 19.2 Å².